The van der Waals surface area contributed by atoms with Crippen molar-refractivity contribution in [3.8, 4) is 5.75 Å². The van der Waals surface area contributed by atoms with Gasteiger partial charge in [0.15, 0.2) is 0 Å². The van der Waals surface area contributed by atoms with Crippen molar-refractivity contribution in [3.63, 3.8) is 0 Å². The molecule has 0 radical (unpaired) electrons. The van der Waals surface area contributed by atoms with Crippen molar-refractivity contribution in [2.24, 2.45) is 5.92 Å². The number of aryl methyl sites for hydroxylation is 1. The molecule has 2 amide bonds. The predicted octanol–water partition coefficient (Wildman–Crippen LogP) is 1.60. The van der Waals surface area contributed by atoms with E-state index in [0.29, 0.717) is 31.8 Å². The van der Waals surface area contributed by atoms with Crippen LogP contribution in [0.2, 0.25) is 0 Å². The predicted molar refractivity (Wildman–Crippen MR) is 126 cm³/mol. The maximum absolute atomic E-state index is 13.4. The molecule has 0 bridgehead atoms. The summed E-state index contributed by atoms with van der Waals surface area (Å²) in [5.41, 5.74) is 1.73. The molecule has 2 aliphatic heterocycles. The summed E-state index contributed by atoms with van der Waals surface area (Å²) in [6, 6.07) is 4.27. The fourth-order valence-corrected chi connectivity index (χ4v) is 4.71. The summed E-state index contributed by atoms with van der Waals surface area (Å²) < 4.78 is 5.76. The average Bonchev–Trinajstić information content (AvgIpc) is 2.83. The number of ether oxygens (including phenoxy) is 1. The molecule has 0 saturated carbocycles. The van der Waals surface area contributed by atoms with Crippen LogP contribution in [-0.2, 0) is 25.5 Å². The minimum Gasteiger partial charge on any atom is -0.508 e. The Morgan fingerprint density at radius 3 is 2.53 bits per heavy atom. The summed E-state index contributed by atoms with van der Waals surface area (Å²) in [5, 5.41) is 24.8. The van der Waals surface area contributed by atoms with E-state index < -0.39 is 12.0 Å². The third-order valence-electron chi connectivity index (χ3n) is 6.81. The SMILES string of the molecule is Cc1cc(O)ccc1C[C@H](NC(=O)COC1CCNCC1)C(=O)N1CCC(CCC(=O)O)CC1. The molecule has 1 atom stereocenters. The van der Waals surface area contributed by atoms with Gasteiger partial charge in [0.2, 0.25) is 11.8 Å². The number of phenolic OH excluding ortho intramolecular Hbond substituents is 1. The maximum atomic E-state index is 13.4. The number of rotatable bonds is 10. The number of carbonyl (C=O) groups is 3. The largest absolute Gasteiger partial charge is 0.508 e. The lowest BCUT2D eigenvalue weighted by Gasteiger charge is -2.34. The van der Waals surface area contributed by atoms with Crippen LogP contribution in [0, 0.1) is 12.8 Å². The molecule has 34 heavy (non-hydrogen) atoms. The van der Waals surface area contributed by atoms with Gasteiger partial charge < -0.3 is 30.5 Å². The topological polar surface area (TPSA) is 128 Å². The van der Waals surface area contributed by atoms with Gasteiger partial charge in [-0.3, -0.25) is 14.4 Å². The first-order chi connectivity index (χ1) is 16.3. The van der Waals surface area contributed by atoms with Crippen molar-refractivity contribution in [1.82, 2.24) is 15.5 Å². The zero-order chi connectivity index (χ0) is 24.5. The Morgan fingerprint density at radius 2 is 1.88 bits per heavy atom. The number of likely N-dealkylation sites (tertiary alicyclic amines) is 1. The quantitative estimate of drug-likeness (QED) is 0.405. The number of benzene rings is 1. The van der Waals surface area contributed by atoms with Crippen LogP contribution in [0.25, 0.3) is 0 Å². The number of aliphatic carboxylic acids is 1. The smallest absolute Gasteiger partial charge is 0.303 e. The van der Waals surface area contributed by atoms with Gasteiger partial charge in [0, 0.05) is 25.9 Å². The Kier molecular flexibility index (Phi) is 9.71. The molecule has 4 N–H and O–H groups in total. The average molecular weight is 476 g/mol. The normalized spacial score (nSPS) is 18.4. The highest BCUT2D eigenvalue weighted by atomic mass is 16.5. The van der Waals surface area contributed by atoms with Gasteiger partial charge >= 0.3 is 5.97 Å². The first-order valence-electron chi connectivity index (χ1n) is 12.2. The zero-order valence-electron chi connectivity index (χ0n) is 19.9. The first-order valence-corrected chi connectivity index (χ1v) is 12.2. The molecule has 9 heteroatoms. The summed E-state index contributed by atoms with van der Waals surface area (Å²) in [6.45, 7) is 4.63. The lowest BCUT2D eigenvalue weighted by atomic mass is 9.91. The minimum absolute atomic E-state index is 0.0466. The second-order valence-electron chi connectivity index (χ2n) is 9.40. The third-order valence-corrected chi connectivity index (χ3v) is 6.81. The maximum Gasteiger partial charge on any atom is 0.303 e. The highest BCUT2D eigenvalue weighted by Gasteiger charge is 2.30. The van der Waals surface area contributed by atoms with E-state index in [1.165, 1.54) is 0 Å². The van der Waals surface area contributed by atoms with Gasteiger partial charge in [0.05, 0.1) is 6.10 Å². The lowest BCUT2D eigenvalue weighted by Crippen LogP contribution is -2.52. The highest BCUT2D eigenvalue weighted by Crippen LogP contribution is 2.23. The molecule has 2 aliphatic rings. The molecular weight excluding hydrogens is 438 g/mol. The Bertz CT molecular complexity index is 847. The van der Waals surface area contributed by atoms with Crippen LogP contribution in [0.5, 0.6) is 5.75 Å². The molecule has 1 aromatic carbocycles. The van der Waals surface area contributed by atoms with Crippen LogP contribution in [0.15, 0.2) is 18.2 Å². The molecule has 0 unspecified atom stereocenters. The van der Waals surface area contributed by atoms with Crippen molar-refractivity contribution in [2.45, 2.75) is 64.0 Å². The van der Waals surface area contributed by atoms with Crippen LogP contribution < -0.4 is 10.6 Å². The number of aromatic hydroxyl groups is 1. The summed E-state index contributed by atoms with van der Waals surface area (Å²) in [6.07, 6.45) is 4.38. The fourth-order valence-electron chi connectivity index (χ4n) is 4.71. The standard InChI is InChI=1S/C25H37N3O6/c1-17-14-20(29)4-3-19(17)15-22(27-23(30)16-34-21-6-10-26-11-7-21)25(33)28-12-8-18(9-13-28)2-5-24(31)32/h3-4,14,18,21-22,26,29H,2,5-13,15-16H2,1H3,(H,27,30)(H,31,32)/t22-/m0/s1. The van der Waals surface area contributed by atoms with E-state index in [4.69, 9.17) is 9.84 Å². The van der Waals surface area contributed by atoms with E-state index in [0.717, 1.165) is 49.9 Å². The molecule has 3 rings (SSSR count). The van der Waals surface area contributed by atoms with E-state index in [1.54, 1.807) is 23.1 Å². The van der Waals surface area contributed by atoms with Gasteiger partial charge in [-0.2, -0.15) is 0 Å². The molecule has 2 heterocycles. The summed E-state index contributed by atoms with van der Waals surface area (Å²) >= 11 is 0. The van der Waals surface area contributed by atoms with E-state index in [2.05, 4.69) is 10.6 Å². The molecule has 0 aromatic heterocycles. The van der Waals surface area contributed by atoms with Crippen LogP contribution in [-0.4, -0.2) is 77.8 Å². The monoisotopic (exact) mass is 475 g/mol. The summed E-state index contributed by atoms with van der Waals surface area (Å²) in [4.78, 5) is 38.7. The van der Waals surface area contributed by atoms with E-state index in [9.17, 15) is 19.5 Å². The van der Waals surface area contributed by atoms with Crippen LogP contribution in [0.3, 0.4) is 0 Å². The molecular formula is C25H37N3O6. The Hall–Kier alpha value is -2.65. The van der Waals surface area contributed by atoms with Crippen molar-refractivity contribution in [1.29, 1.82) is 0 Å². The van der Waals surface area contributed by atoms with Crippen LogP contribution >= 0.6 is 0 Å². The molecule has 9 nitrogen and oxygen atoms in total. The van der Waals surface area contributed by atoms with E-state index in [-0.39, 0.29) is 36.7 Å². The van der Waals surface area contributed by atoms with Gasteiger partial charge in [-0.1, -0.05) is 6.07 Å². The number of hydrogen-bond acceptors (Lipinski definition) is 6. The van der Waals surface area contributed by atoms with Crippen molar-refractivity contribution in [3.05, 3.63) is 29.3 Å². The number of nitrogens with one attached hydrogen (secondary N) is 2. The Balaban J connectivity index is 1.61. The number of piperidine rings is 2. The number of nitrogens with zero attached hydrogens (tertiary/aromatic N) is 1. The zero-order valence-corrected chi connectivity index (χ0v) is 19.9. The second-order valence-corrected chi connectivity index (χ2v) is 9.40. The van der Waals surface area contributed by atoms with Crippen molar-refractivity contribution in [2.75, 3.05) is 32.8 Å². The number of carbonyl (C=O) groups excluding carboxylic acids is 2. The van der Waals surface area contributed by atoms with Crippen molar-refractivity contribution < 1.29 is 29.3 Å². The number of carboxylic acid groups (broad SMARTS) is 1. The Labute approximate surface area is 200 Å². The number of carboxylic acids is 1. The second kappa shape index (κ2) is 12.7. The molecule has 2 saturated heterocycles. The number of hydrogen-bond donors (Lipinski definition) is 4. The first kappa shape index (κ1) is 26.0. The van der Waals surface area contributed by atoms with Gasteiger partial charge in [-0.05, 0) is 81.3 Å². The number of phenols is 1. The van der Waals surface area contributed by atoms with E-state index >= 15 is 0 Å². The van der Waals surface area contributed by atoms with Gasteiger partial charge in [-0.15, -0.1) is 0 Å². The lowest BCUT2D eigenvalue weighted by molar-refractivity contribution is -0.140. The molecule has 2 fully saturated rings. The molecule has 0 spiro atoms. The molecule has 1 aromatic rings. The third kappa shape index (κ3) is 7.99. The van der Waals surface area contributed by atoms with Crippen LogP contribution in [0.1, 0.15) is 49.7 Å². The minimum atomic E-state index is -0.794. The van der Waals surface area contributed by atoms with Gasteiger partial charge in [-0.25, -0.2) is 0 Å². The summed E-state index contributed by atoms with van der Waals surface area (Å²) in [5.74, 6) is -0.792. The molecule has 0 aliphatic carbocycles. The molecule has 188 valence electrons. The highest BCUT2D eigenvalue weighted by molar-refractivity contribution is 5.88. The van der Waals surface area contributed by atoms with Crippen molar-refractivity contribution >= 4 is 17.8 Å². The van der Waals surface area contributed by atoms with Gasteiger partial charge in [0.1, 0.15) is 18.4 Å². The number of amides is 2. The van der Waals surface area contributed by atoms with Crippen LogP contribution in [0.4, 0.5) is 0 Å². The Morgan fingerprint density at radius 1 is 1.18 bits per heavy atom. The van der Waals surface area contributed by atoms with E-state index in [1.807, 2.05) is 6.92 Å². The fraction of sp³-hybridized carbons (Fsp3) is 0.640. The summed E-state index contributed by atoms with van der Waals surface area (Å²) in [7, 11) is 0. The van der Waals surface area contributed by atoms with Gasteiger partial charge in [0.25, 0.3) is 0 Å².